The summed E-state index contributed by atoms with van der Waals surface area (Å²) < 4.78 is 0.938. The first-order chi connectivity index (χ1) is 6.18. The summed E-state index contributed by atoms with van der Waals surface area (Å²) in [4.78, 5) is 4.06. The summed E-state index contributed by atoms with van der Waals surface area (Å²) in [5.41, 5.74) is 12.7. The molecule has 13 heavy (non-hydrogen) atoms. The Morgan fingerprint density at radius 2 is 2.23 bits per heavy atom. The number of hydrogen-bond donors (Lipinski definition) is 2. The minimum atomic E-state index is 0.0602. The van der Waals surface area contributed by atoms with Crippen molar-refractivity contribution in [1.82, 2.24) is 4.98 Å². The molecule has 0 aliphatic heterocycles. The monoisotopic (exact) mass is 241 g/mol. The van der Waals surface area contributed by atoms with Gasteiger partial charge in [0.25, 0.3) is 0 Å². The molecule has 1 atom stereocenters. The molecule has 3 nitrogen and oxygen atoms in total. The molecule has 1 heterocycles. The third kappa shape index (κ3) is 1.84. The van der Waals surface area contributed by atoms with Crippen molar-refractivity contribution in [2.24, 2.45) is 11.7 Å². The third-order valence-corrected chi connectivity index (χ3v) is 2.84. The first-order valence-electron chi connectivity index (χ1n) is 4.35. The number of nitrogen functional groups attached to an aromatic ring is 1. The molecule has 0 radical (unpaired) electrons. The second-order valence-electron chi connectivity index (χ2n) is 3.49. The lowest BCUT2D eigenvalue weighted by molar-refractivity contribution is 0.633. The fraction of sp³-hybridized carbons (Fsp3) is 0.444. The highest BCUT2D eigenvalue weighted by Crippen LogP contribution is 2.40. The standard InChI is InChI=1S/C9H12BrN3/c10-6-3-7(9(12)13-4-6)8(11)5-1-2-5/h3-5,8H,1-2,11H2,(H2,12,13)/t8-/m1/s1. The van der Waals surface area contributed by atoms with Crippen molar-refractivity contribution in [3.8, 4) is 0 Å². The van der Waals surface area contributed by atoms with E-state index in [4.69, 9.17) is 11.5 Å². The predicted octanol–water partition coefficient (Wildman–Crippen LogP) is 1.84. The van der Waals surface area contributed by atoms with E-state index in [9.17, 15) is 0 Å². The molecule has 2 rings (SSSR count). The van der Waals surface area contributed by atoms with Gasteiger partial charge in [-0.05, 0) is 40.8 Å². The molecule has 1 fully saturated rings. The number of aromatic nitrogens is 1. The van der Waals surface area contributed by atoms with Crippen molar-refractivity contribution >= 4 is 21.7 Å². The molecule has 0 unspecified atom stereocenters. The molecule has 0 aromatic carbocycles. The van der Waals surface area contributed by atoms with Crippen molar-refractivity contribution < 1.29 is 0 Å². The molecule has 0 saturated heterocycles. The Morgan fingerprint density at radius 1 is 1.54 bits per heavy atom. The molecule has 4 N–H and O–H groups in total. The summed E-state index contributed by atoms with van der Waals surface area (Å²) in [7, 11) is 0. The molecule has 1 aliphatic rings. The van der Waals surface area contributed by atoms with Gasteiger partial charge in [-0.2, -0.15) is 0 Å². The molecule has 70 valence electrons. The molecular weight excluding hydrogens is 230 g/mol. The quantitative estimate of drug-likeness (QED) is 0.831. The molecule has 0 spiro atoms. The number of pyridine rings is 1. The zero-order chi connectivity index (χ0) is 9.42. The van der Waals surface area contributed by atoms with Crippen molar-refractivity contribution in [3.05, 3.63) is 22.3 Å². The number of anilines is 1. The van der Waals surface area contributed by atoms with E-state index >= 15 is 0 Å². The van der Waals surface area contributed by atoms with E-state index in [1.807, 2.05) is 6.07 Å². The molecule has 0 bridgehead atoms. The minimum absolute atomic E-state index is 0.0602. The lowest BCUT2D eigenvalue weighted by Gasteiger charge is -2.12. The van der Waals surface area contributed by atoms with Crippen LogP contribution < -0.4 is 11.5 Å². The summed E-state index contributed by atoms with van der Waals surface area (Å²) >= 11 is 3.36. The smallest absolute Gasteiger partial charge is 0.128 e. The maximum Gasteiger partial charge on any atom is 0.128 e. The van der Waals surface area contributed by atoms with E-state index in [2.05, 4.69) is 20.9 Å². The fourth-order valence-electron chi connectivity index (χ4n) is 1.44. The van der Waals surface area contributed by atoms with Crippen LogP contribution in [0.3, 0.4) is 0 Å². The zero-order valence-corrected chi connectivity index (χ0v) is 8.79. The van der Waals surface area contributed by atoms with Gasteiger partial charge in [0.15, 0.2) is 0 Å². The summed E-state index contributed by atoms with van der Waals surface area (Å²) in [6.45, 7) is 0. The van der Waals surface area contributed by atoms with E-state index in [-0.39, 0.29) is 6.04 Å². The molecule has 1 aliphatic carbocycles. The van der Waals surface area contributed by atoms with Gasteiger partial charge >= 0.3 is 0 Å². The maximum atomic E-state index is 6.03. The number of nitrogens with two attached hydrogens (primary N) is 2. The van der Waals surface area contributed by atoms with Crippen molar-refractivity contribution in [2.45, 2.75) is 18.9 Å². The van der Waals surface area contributed by atoms with Crippen LogP contribution in [0.5, 0.6) is 0 Å². The molecule has 1 aromatic heterocycles. The Labute approximate surface area is 85.7 Å². The van der Waals surface area contributed by atoms with Crippen molar-refractivity contribution in [3.63, 3.8) is 0 Å². The van der Waals surface area contributed by atoms with E-state index in [1.54, 1.807) is 6.20 Å². The van der Waals surface area contributed by atoms with Crippen LogP contribution in [-0.2, 0) is 0 Å². The zero-order valence-electron chi connectivity index (χ0n) is 7.20. The summed E-state index contributed by atoms with van der Waals surface area (Å²) in [5.74, 6) is 1.17. The van der Waals surface area contributed by atoms with Gasteiger partial charge in [0, 0.05) is 22.3 Å². The number of nitrogens with zero attached hydrogens (tertiary/aromatic N) is 1. The van der Waals surface area contributed by atoms with E-state index in [1.165, 1.54) is 12.8 Å². The minimum Gasteiger partial charge on any atom is -0.383 e. The average Bonchev–Trinajstić information content (AvgIpc) is 2.91. The van der Waals surface area contributed by atoms with E-state index in [0.717, 1.165) is 10.0 Å². The van der Waals surface area contributed by atoms with Crippen LogP contribution >= 0.6 is 15.9 Å². The first-order valence-corrected chi connectivity index (χ1v) is 5.14. The normalized spacial score (nSPS) is 18.6. The van der Waals surface area contributed by atoms with Gasteiger partial charge in [0.05, 0.1) is 0 Å². The van der Waals surface area contributed by atoms with Gasteiger partial charge in [-0.3, -0.25) is 0 Å². The highest BCUT2D eigenvalue weighted by molar-refractivity contribution is 9.10. The topological polar surface area (TPSA) is 64.9 Å². The fourth-order valence-corrected chi connectivity index (χ4v) is 1.79. The largest absolute Gasteiger partial charge is 0.383 e. The van der Waals surface area contributed by atoms with Gasteiger partial charge in [-0.25, -0.2) is 4.98 Å². The first kappa shape index (κ1) is 8.97. The third-order valence-electron chi connectivity index (χ3n) is 2.41. The lowest BCUT2D eigenvalue weighted by atomic mass is 10.0. The second-order valence-corrected chi connectivity index (χ2v) is 4.41. The van der Waals surface area contributed by atoms with E-state index in [0.29, 0.717) is 11.7 Å². The van der Waals surface area contributed by atoms with Crippen LogP contribution in [0.15, 0.2) is 16.7 Å². The van der Waals surface area contributed by atoms with Crippen LogP contribution in [0.1, 0.15) is 24.4 Å². The molecular formula is C9H12BrN3. The van der Waals surface area contributed by atoms with Crippen molar-refractivity contribution in [1.29, 1.82) is 0 Å². The van der Waals surface area contributed by atoms with Crippen LogP contribution in [0.2, 0.25) is 0 Å². The van der Waals surface area contributed by atoms with Crippen LogP contribution in [-0.4, -0.2) is 4.98 Å². The summed E-state index contributed by atoms with van der Waals surface area (Å²) in [5, 5.41) is 0. The van der Waals surface area contributed by atoms with Crippen LogP contribution in [0.25, 0.3) is 0 Å². The van der Waals surface area contributed by atoms with Crippen molar-refractivity contribution in [2.75, 3.05) is 5.73 Å². The number of hydrogen-bond acceptors (Lipinski definition) is 3. The Balaban J connectivity index is 2.31. The Kier molecular flexibility index (Phi) is 2.26. The Morgan fingerprint density at radius 3 is 2.85 bits per heavy atom. The van der Waals surface area contributed by atoms with Gasteiger partial charge in [-0.1, -0.05) is 0 Å². The van der Waals surface area contributed by atoms with Gasteiger partial charge in [-0.15, -0.1) is 0 Å². The molecule has 1 aromatic rings. The Hall–Kier alpha value is -0.610. The van der Waals surface area contributed by atoms with Gasteiger partial charge in [0.2, 0.25) is 0 Å². The second kappa shape index (κ2) is 3.27. The summed E-state index contributed by atoms with van der Waals surface area (Å²) in [6, 6.07) is 2.02. The van der Waals surface area contributed by atoms with Gasteiger partial charge in [0.1, 0.15) is 5.82 Å². The van der Waals surface area contributed by atoms with E-state index < -0.39 is 0 Å². The van der Waals surface area contributed by atoms with Gasteiger partial charge < -0.3 is 11.5 Å². The highest BCUT2D eigenvalue weighted by atomic mass is 79.9. The number of rotatable bonds is 2. The molecule has 1 saturated carbocycles. The number of halogens is 1. The predicted molar refractivity (Wildman–Crippen MR) is 56.0 cm³/mol. The maximum absolute atomic E-state index is 6.03. The summed E-state index contributed by atoms with van der Waals surface area (Å²) in [6.07, 6.45) is 4.12. The lowest BCUT2D eigenvalue weighted by Crippen LogP contribution is -2.15. The Bertz CT molecular complexity index is 323. The molecule has 4 heteroatoms. The highest BCUT2D eigenvalue weighted by Gasteiger charge is 2.30. The SMILES string of the molecule is Nc1ncc(Br)cc1[C@H](N)C1CC1. The average molecular weight is 242 g/mol. The van der Waals surface area contributed by atoms with Crippen LogP contribution in [0, 0.1) is 5.92 Å². The van der Waals surface area contributed by atoms with Crippen LogP contribution in [0.4, 0.5) is 5.82 Å². The molecule has 0 amide bonds.